The molecule has 1 heterocycles. The zero-order valence-electron chi connectivity index (χ0n) is 13.2. The van der Waals surface area contributed by atoms with Crippen molar-refractivity contribution in [3.63, 3.8) is 0 Å². The van der Waals surface area contributed by atoms with Gasteiger partial charge in [-0.25, -0.2) is 9.18 Å². The molecular weight excluding hydrogens is 323 g/mol. The quantitative estimate of drug-likeness (QED) is 0.840. The summed E-state index contributed by atoms with van der Waals surface area (Å²) in [4.78, 5) is 24.2. The van der Waals surface area contributed by atoms with Gasteiger partial charge in [-0.2, -0.15) is 0 Å². The topological polar surface area (TPSA) is 53.2 Å². The van der Waals surface area contributed by atoms with E-state index in [0.29, 0.717) is 6.42 Å². The van der Waals surface area contributed by atoms with E-state index in [-0.39, 0.29) is 29.1 Å². The van der Waals surface area contributed by atoms with Gasteiger partial charge in [-0.3, -0.25) is 13.9 Å². The van der Waals surface area contributed by atoms with Gasteiger partial charge in [0.25, 0.3) is 5.56 Å². The Bertz CT molecular complexity index is 827. The Kier molecular flexibility index (Phi) is 5.26. The standard InChI is InChI=1S/C16H18ClFN2O3/c1-4-6-20-15(21)5-7-19(16(20)22)13-9-14(23-10(2)3)11(17)8-12(13)18/h5,7-10H,4,6H2,1-3H3. The van der Waals surface area contributed by atoms with Crippen LogP contribution in [0.25, 0.3) is 5.69 Å². The molecule has 0 aliphatic rings. The van der Waals surface area contributed by atoms with Crippen LogP contribution in [0.4, 0.5) is 4.39 Å². The fraction of sp³-hybridized carbons (Fsp3) is 0.375. The number of aromatic nitrogens is 2. The first-order chi connectivity index (χ1) is 10.8. The molecule has 1 aromatic carbocycles. The highest BCUT2D eigenvalue weighted by molar-refractivity contribution is 6.32. The van der Waals surface area contributed by atoms with Crippen LogP contribution in [0.3, 0.4) is 0 Å². The van der Waals surface area contributed by atoms with Gasteiger partial charge >= 0.3 is 5.69 Å². The van der Waals surface area contributed by atoms with Gasteiger partial charge in [-0.1, -0.05) is 18.5 Å². The molecule has 0 saturated heterocycles. The molecule has 0 aliphatic carbocycles. The van der Waals surface area contributed by atoms with Gasteiger partial charge in [0.1, 0.15) is 11.6 Å². The second-order valence-corrected chi connectivity index (χ2v) is 5.77. The van der Waals surface area contributed by atoms with Gasteiger partial charge in [-0.15, -0.1) is 0 Å². The van der Waals surface area contributed by atoms with Crippen LogP contribution in [0.1, 0.15) is 27.2 Å². The van der Waals surface area contributed by atoms with Crippen molar-refractivity contribution in [2.24, 2.45) is 0 Å². The molecular formula is C16H18ClFN2O3. The molecule has 1 aromatic heterocycles. The fourth-order valence-electron chi connectivity index (χ4n) is 2.18. The van der Waals surface area contributed by atoms with Crippen molar-refractivity contribution >= 4 is 11.6 Å². The van der Waals surface area contributed by atoms with Crippen LogP contribution in [-0.2, 0) is 6.54 Å². The highest BCUT2D eigenvalue weighted by atomic mass is 35.5. The van der Waals surface area contributed by atoms with E-state index in [1.54, 1.807) is 0 Å². The highest BCUT2D eigenvalue weighted by Crippen LogP contribution is 2.29. The molecule has 0 bridgehead atoms. The molecule has 0 saturated carbocycles. The Morgan fingerprint density at radius 3 is 2.61 bits per heavy atom. The predicted molar refractivity (Wildman–Crippen MR) is 87.3 cm³/mol. The monoisotopic (exact) mass is 340 g/mol. The van der Waals surface area contributed by atoms with E-state index in [0.717, 1.165) is 15.2 Å². The van der Waals surface area contributed by atoms with Crippen molar-refractivity contribution in [1.29, 1.82) is 0 Å². The maximum absolute atomic E-state index is 14.3. The lowest BCUT2D eigenvalue weighted by Gasteiger charge is -2.15. The second-order valence-electron chi connectivity index (χ2n) is 5.36. The van der Waals surface area contributed by atoms with E-state index >= 15 is 0 Å². The van der Waals surface area contributed by atoms with E-state index in [1.165, 1.54) is 18.3 Å². The van der Waals surface area contributed by atoms with Crippen molar-refractivity contribution in [2.75, 3.05) is 0 Å². The minimum absolute atomic E-state index is 0.0140. The molecule has 0 fully saturated rings. The smallest absolute Gasteiger partial charge is 0.335 e. The molecule has 0 unspecified atom stereocenters. The van der Waals surface area contributed by atoms with E-state index < -0.39 is 17.1 Å². The van der Waals surface area contributed by atoms with Gasteiger partial charge in [0, 0.05) is 24.9 Å². The summed E-state index contributed by atoms with van der Waals surface area (Å²) in [6.45, 7) is 5.74. The summed E-state index contributed by atoms with van der Waals surface area (Å²) in [5.74, 6) is -0.395. The van der Waals surface area contributed by atoms with E-state index in [4.69, 9.17) is 16.3 Å². The molecule has 124 valence electrons. The van der Waals surface area contributed by atoms with Crippen LogP contribution >= 0.6 is 11.6 Å². The average molecular weight is 341 g/mol. The van der Waals surface area contributed by atoms with Crippen LogP contribution in [0.2, 0.25) is 5.02 Å². The molecule has 2 rings (SSSR count). The maximum atomic E-state index is 14.3. The van der Waals surface area contributed by atoms with Crippen LogP contribution in [0, 0.1) is 5.82 Å². The first-order valence-electron chi connectivity index (χ1n) is 7.33. The van der Waals surface area contributed by atoms with Gasteiger partial charge in [0.15, 0.2) is 0 Å². The first-order valence-corrected chi connectivity index (χ1v) is 7.71. The summed E-state index contributed by atoms with van der Waals surface area (Å²) in [6.07, 6.45) is 1.71. The van der Waals surface area contributed by atoms with Gasteiger partial charge < -0.3 is 4.74 Å². The predicted octanol–water partition coefficient (Wildman–Crippen LogP) is 2.99. The van der Waals surface area contributed by atoms with E-state index in [1.807, 2.05) is 20.8 Å². The van der Waals surface area contributed by atoms with Crippen molar-refractivity contribution < 1.29 is 9.13 Å². The zero-order chi connectivity index (χ0) is 17.1. The minimum atomic E-state index is -0.671. The van der Waals surface area contributed by atoms with Gasteiger partial charge in [0.05, 0.1) is 16.8 Å². The number of hydrogen-bond donors (Lipinski definition) is 0. The summed E-state index contributed by atoms with van der Waals surface area (Å²) in [5.41, 5.74) is -1.03. The number of benzene rings is 1. The Hall–Kier alpha value is -2.08. The van der Waals surface area contributed by atoms with E-state index in [9.17, 15) is 14.0 Å². The normalized spacial score (nSPS) is 11.0. The molecule has 23 heavy (non-hydrogen) atoms. The molecule has 0 radical (unpaired) electrons. The molecule has 0 amide bonds. The number of ether oxygens (including phenoxy) is 1. The number of nitrogens with zero attached hydrogens (tertiary/aromatic N) is 2. The minimum Gasteiger partial charge on any atom is -0.489 e. The summed E-state index contributed by atoms with van der Waals surface area (Å²) in [7, 11) is 0. The number of halogens is 2. The summed E-state index contributed by atoms with van der Waals surface area (Å²) in [5, 5.41) is 0.120. The summed E-state index contributed by atoms with van der Waals surface area (Å²) in [6, 6.07) is 3.68. The Balaban J connectivity index is 2.65. The third kappa shape index (κ3) is 3.64. The van der Waals surface area contributed by atoms with Crippen molar-refractivity contribution in [3.8, 4) is 11.4 Å². The largest absolute Gasteiger partial charge is 0.489 e. The summed E-state index contributed by atoms with van der Waals surface area (Å²) < 4.78 is 21.9. The van der Waals surface area contributed by atoms with Crippen LogP contribution in [0.5, 0.6) is 5.75 Å². The number of hydrogen-bond acceptors (Lipinski definition) is 3. The molecule has 0 atom stereocenters. The molecule has 5 nitrogen and oxygen atoms in total. The maximum Gasteiger partial charge on any atom is 0.335 e. The first kappa shape index (κ1) is 17.3. The third-order valence-corrected chi connectivity index (χ3v) is 3.44. The van der Waals surface area contributed by atoms with Crippen LogP contribution in [0.15, 0.2) is 34.0 Å². The van der Waals surface area contributed by atoms with Crippen molar-refractivity contribution in [2.45, 2.75) is 39.8 Å². The average Bonchev–Trinajstić information content (AvgIpc) is 2.47. The lowest BCUT2D eigenvalue weighted by Crippen LogP contribution is -2.38. The Morgan fingerprint density at radius 2 is 2.00 bits per heavy atom. The van der Waals surface area contributed by atoms with Crippen LogP contribution < -0.4 is 16.0 Å². The summed E-state index contributed by atoms with van der Waals surface area (Å²) >= 11 is 5.97. The van der Waals surface area contributed by atoms with Crippen molar-refractivity contribution in [1.82, 2.24) is 9.13 Å². The van der Waals surface area contributed by atoms with Gasteiger partial charge in [0.2, 0.25) is 0 Å². The second kappa shape index (κ2) is 7.00. The lowest BCUT2D eigenvalue weighted by molar-refractivity contribution is 0.242. The van der Waals surface area contributed by atoms with E-state index in [2.05, 4.69) is 0 Å². The fourth-order valence-corrected chi connectivity index (χ4v) is 2.37. The lowest BCUT2D eigenvalue weighted by atomic mass is 10.2. The zero-order valence-corrected chi connectivity index (χ0v) is 13.9. The Labute approximate surface area is 137 Å². The molecule has 7 heteroatoms. The molecule has 2 aromatic rings. The highest BCUT2D eigenvalue weighted by Gasteiger charge is 2.15. The van der Waals surface area contributed by atoms with Gasteiger partial charge in [-0.05, 0) is 26.3 Å². The van der Waals surface area contributed by atoms with Crippen molar-refractivity contribution in [3.05, 3.63) is 56.1 Å². The number of rotatable bonds is 5. The van der Waals surface area contributed by atoms with Crippen LogP contribution in [-0.4, -0.2) is 15.2 Å². The Morgan fingerprint density at radius 1 is 1.30 bits per heavy atom. The molecule has 0 spiro atoms. The third-order valence-electron chi connectivity index (χ3n) is 3.14. The molecule has 0 aliphatic heterocycles. The SMILES string of the molecule is CCCn1c(=O)ccn(-c2cc(OC(C)C)c(Cl)cc2F)c1=O. The molecule has 0 N–H and O–H groups in total.